The van der Waals surface area contributed by atoms with E-state index in [9.17, 15) is 19.2 Å². The predicted molar refractivity (Wildman–Crippen MR) is 127 cm³/mol. The number of benzene rings is 5. The molecule has 0 fully saturated rings. The molecule has 0 saturated heterocycles. The van der Waals surface area contributed by atoms with Gasteiger partial charge in [-0.25, -0.2) is 0 Å². The molecule has 0 atom stereocenters. The number of imide groups is 2. The summed E-state index contributed by atoms with van der Waals surface area (Å²) in [5.41, 5.74) is 1.72. The Balaban J connectivity index is 1.88. The highest BCUT2D eigenvalue weighted by Crippen LogP contribution is 2.49. The van der Waals surface area contributed by atoms with Gasteiger partial charge in [-0.05, 0) is 40.4 Å². The van der Waals surface area contributed by atoms with Gasteiger partial charge in [-0.15, -0.1) is 0 Å². The molecule has 0 aromatic heterocycles. The van der Waals surface area contributed by atoms with Gasteiger partial charge in [0.1, 0.15) is 0 Å². The summed E-state index contributed by atoms with van der Waals surface area (Å²) < 4.78 is 1.38. The maximum atomic E-state index is 12.6. The molecule has 5 aromatic rings. The van der Waals surface area contributed by atoms with E-state index in [0.29, 0.717) is 42.0 Å². The summed E-state index contributed by atoms with van der Waals surface area (Å²) in [6, 6.07) is 10.6. The Kier molecular flexibility index (Phi) is 3.25. The molecular formula is C24H8Br2N2O4. The molecule has 4 amide bonds. The van der Waals surface area contributed by atoms with Crippen molar-refractivity contribution in [1.29, 1.82) is 0 Å². The number of fused-ring (bicyclic) bond motifs is 2. The summed E-state index contributed by atoms with van der Waals surface area (Å²) in [7, 11) is 0. The molecule has 0 saturated carbocycles. The number of halogens is 2. The van der Waals surface area contributed by atoms with Crippen molar-refractivity contribution in [2.75, 3.05) is 0 Å². The molecule has 0 spiro atoms. The van der Waals surface area contributed by atoms with Crippen molar-refractivity contribution in [2.24, 2.45) is 0 Å². The molecule has 0 bridgehead atoms. The zero-order valence-corrected chi connectivity index (χ0v) is 19.0. The zero-order chi connectivity index (χ0) is 22.0. The van der Waals surface area contributed by atoms with Crippen molar-refractivity contribution in [1.82, 2.24) is 10.6 Å². The van der Waals surface area contributed by atoms with Crippen LogP contribution in [0.2, 0.25) is 0 Å². The van der Waals surface area contributed by atoms with Crippen LogP contribution < -0.4 is 10.6 Å². The second-order valence-electron chi connectivity index (χ2n) is 7.95. The first kappa shape index (κ1) is 18.2. The number of carbonyl (C=O) groups is 4. The van der Waals surface area contributed by atoms with Crippen LogP contribution in [0.15, 0.2) is 45.3 Å². The van der Waals surface area contributed by atoms with E-state index in [0.717, 1.165) is 32.3 Å². The SMILES string of the molecule is O=C1NC(=O)c2ccc3c4c(Br)cc5c6c(cc(Br)c(c7ccc1c2c73)c64)C(=O)NC5=O. The van der Waals surface area contributed by atoms with Gasteiger partial charge in [-0.2, -0.15) is 0 Å². The van der Waals surface area contributed by atoms with E-state index in [1.807, 2.05) is 12.1 Å². The van der Waals surface area contributed by atoms with E-state index in [1.165, 1.54) is 0 Å². The Morgan fingerprint density at radius 1 is 0.469 bits per heavy atom. The van der Waals surface area contributed by atoms with Gasteiger partial charge in [0.05, 0.1) is 0 Å². The third-order valence-electron chi connectivity index (χ3n) is 6.44. The van der Waals surface area contributed by atoms with Gasteiger partial charge in [0, 0.05) is 58.1 Å². The molecule has 0 aliphatic carbocycles. The summed E-state index contributed by atoms with van der Waals surface area (Å²) in [5.74, 6) is -1.74. The van der Waals surface area contributed by atoms with E-state index < -0.39 is 23.6 Å². The fourth-order valence-corrected chi connectivity index (χ4v) is 6.50. The molecule has 32 heavy (non-hydrogen) atoms. The summed E-state index contributed by atoms with van der Waals surface area (Å²) >= 11 is 7.27. The van der Waals surface area contributed by atoms with Crippen LogP contribution in [0.4, 0.5) is 0 Å². The second-order valence-corrected chi connectivity index (χ2v) is 9.66. The fraction of sp³-hybridized carbons (Fsp3) is 0. The van der Waals surface area contributed by atoms with E-state index in [4.69, 9.17) is 0 Å². The first-order valence-electron chi connectivity index (χ1n) is 9.67. The molecule has 2 aliphatic heterocycles. The Hall–Kier alpha value is -3.36. The third-order valence-corrected chi connectivity index (χ3v) is 7.69. The van der Waals surface area contributed by atoms with Crippen LogP contribution >= 0.6 is 31.9 Å². The van der Waals surface area contributed by atoms with Crippen LogP contribution in [-0.2, 0) is 0 Å². The summed E-state index contributed by atoms with van der Waals surface area (Å²) in [6.45, 7) is 0. The molecule has 2 N–H and O–H groups in total. The fourth-order valence-electron chi connectivity index (χ4n) is 5.22. The third kappa shape index (κ3) is 1.96. The lowest BCUT2D eigenvalue weighted by molar-refractivity contribution is 0.0828. The Labute approximate surface area is 195 Å². The Bertz CT molecular complexity index is 1700. The van der Waals surface area contributed by atoms with Crippen molar-refractivity contribution in [2.45, 2.75) is 0 Å². The van der Waals surface area contributed by atoms with Crippen LogP contribution in [0.1, 0.15) is 41.4 Å². The zero-order valence-electron chi connectivity index (χ0n) is 15.9. The lowest BCUT2D eigenvalue weighted by Crippen LogP contribution is -2.35. The number of carbonyl (C=O) groups excluding carboxylic acids is 4. The number of hydrogen-bond acceptors (Lipinski definition) is 4. The highest BCUT2D eigenvalue weighted by Gasteiger charge is 2.32. The summed E-state index contributed by atoms with van der Waals surface area (Å²) in [4.78, 5) is 50.4. The highest BCUT2D eigenvalue weighted by atomic mass is 79.9. The Morgan fingerprint density at radius 2 is 0.875 bits per heavy atom. The van der Waals surface area contributed by atoms with Gasteiger partial charge in [0.25, 0.3) is 23.6 Å². The quantitative estimate of drug-likeness (QED) is 0.162. The average Bonchev–Trinajstić information content (AvgIpc) is 2.75. The summed E-state index contributed by atoms with van der Waals surface area (Å²) in [5, 5.41) is 10.9. The minimum Gasteiger partial charge on any atom is -0.288 e. The number of amides is 4. The van der Waals surface area contributed by atoms with Crippen LogP contribution in [0.25, 0.3) is 43.1 Å². The van der Waals surface area contributed by atoms with Gasteiger partial charge in [-0.1, -0.05) is 44.0 Å². The molecule has 5 aromatic carbocycles. The molecule has 0 unspecified atom stereocenters. The minimum absolute atomic E-state index is 0.419. The minimum atomic E-state index is -0.443. The topological polar surface area (TPSA) is 92.3 Å². The molecular weight excluding hydrogens is 540 g/mol. The van der Waals surface area contributed by atoms with Crippen molar-refractivity contribution in [3.63, 3.8) is 0 Å². The van der Waals surface area contributed by atoms with Crippen LogP contribution in [0.3, 0.4) is 0 Å². The number of nitrogens with one attached hydrogen (secondary N) is 2. The molecule has 2 aliphatic rings. The largest absolute Gasteiger partial charge is 0.288 e. The normalized spacial score (nSPS) is 15.3. The maximum absolute atomic E-state index is 12.6. The molecule has 7 rings (SSSR count). The first-order valence-corrected chi connectivity index (χ1v) is 11.3. The molecule has 0 radical (unpaired) electrons. The second kappa shape index (κ2) is 5.70. The van der Waals surface area contributed by atoms with Gasteiger partial charge in [0.2, 0.25) is 0 Å². The monoisotopic (exact) mass is 546 g/mol. The van der Waals surface area contributed by atoms with Crippen molar-refractivity contribution in [3.05, 3.63) is 67.6 Å². The van der Waals surface area contributed by atoms with Gasteiger partial charge < -0.3 is 0 Å². The number of rotatable bonds is 0. The standard InChI is InChI=1S/C24H8Br2N2O4/c25-13-5-11-17-12(24(32)28-23(11)31)6-14(26)19-8-2-4-10-16-9(21(29)27-22(10)30)3-1-7(15(8)16)18(13)20(17)19/h1-6H,(H,27,29,30)(H,28,31,32). The van der Waals surface area contributed by atoms with Crippen LogP contribution in [-0.4, -0.2) is 23.6 Å². The lowest BCUT2D eigenvalue weighted by atomic mass is 9.82. The van der Waals surface area contributed by atoms with Gasteiger partial charge in [0.15, 0.2) is 0 Å². The van der Waals surface area contributed by atoms with E-state index >= 15 is 0 Å². The maximum Gasteiger partial charge on any atom is 0.258 e. The predicted octanol–water partition coefficient (Wildman–Crippen LogP) is 5.03. The molecule has 6 nitrogen and oxygen atoms in total. The highest BCUT2D eigenvalue weighted by molar-refractivity contribution is 9.11. The lowest BCUT2D eigenvalue weighted by Gasteiger charge is -2.25. The first-order chi connectivity index (χ1) is 15.4. The van der Waals surface area contributed by atoms with Crippen molar-refractivity contribution >= 4 is 98.6 Å². The smallest absolute Gasteiger partial charge is 0.258 e. The molecule has 152 valence electrons. The summed E-state index contributed by atoms with van der Waals surface area (Å²) in [6.07, 6.45) is 0. The van der Waals surface area contributed by atoms with Crippen molar-refractivity contribution in [3.8, 4) is 0 Å². The van der Waals surface area contributed by atoms with Gasteiger partial charge in [-0.3, -0.25) is 29.8 Å². The van der Waals surface area contributed by atoms with Crippen LogP contribution in [0.5, 0.6) is 0 Å². The van der Waals surface area contributed by atoms with E-state index in [1.54, 1.807) is 24.3 Å². The van der Waals surface area contributed by atoms with E-state index in [-0.39, 0.29) is 0 Å². The van der Waals surface area contributed by atoms with E-state index in [2.05, 4.69) is 42.5 Å². The Morgan fingerprint density at radius 3 is 1.34 bits per heavy atom. The average molecular weight is 548 g/mol. The van der Waals surface area contributed by atoms with Crippen molar-refractivity contribution < 1.29 is 19.2 Å². The van der Waals surface area contributed by atoms with Gasteiger partial charge >= 0.3 is 0 Å². The number of hydrogen-bond donors (Lipinski definition) is 2. The molecule has 8 heteroatoms. The molecule has 2 heterocycles. The van der Waals surface area contributed by atoms with Crippen LogP contribution in [0, 0.1) is 0 Å².